The van der Waals surface area contributed by atoms with Gasteiger partial charge in [0.1, 0.15) is 0 Å². The summed E-state index contributed by atoms with van der Waals surface area (Å²) in [5, 5.41) is 12.2. The van der Waals surface area contributed by atoms with Crippen LogP contribution in [0.4, 0.5) is 0 Å². The molecule has 0 aromatic heterocycles. The predicted molar refractivity (Wildman–Crippen MR) is 69.2 cm³/mol. The summed E-state index contributed by atoms with van der Waals surface area (Å²) in [6.45, 7) is 7.65. The van der Waals surface area contributed by atoms with Crippen LogP contribution < -0.4 is 5.32 Å². The third-order valence-corrected chi connectivity index (χ3v) is 3.39. The van der Waals surface area contributed by atoms with Crippen LogP contribution in [0.2, 0.25) is 0 Å². The number of hydrogen-bond donors (Lipinski definition) is 2. The standard InChI is InChI=1S/C14H21NO2/c1-5-14(4,9-16)15-13(17)12-8-6-7-10(2)11(12)3/h6-8,16H,5,9H2,1-4H3,(H,15,17). The van der Waals surface area contributed by atoms with E-state index in [0.29, 0.717) is 12.0 Å². The Balaban J connectivity index is 2.94. The summed E-state index contributed by atoms with van der Waals surface area (Å²) in [6, 6.07) is 5.67. The van der Waals surface area contributed by atoms with E-state index in [0.717, 1.165) is 11.1 Å². The zero-order valence-corrected chi connectivity index (χ0v) is 11.0. The average Bonchev–Trinajstić information content (AvgIpc) is 2.32. The van der Waals surface area contributed by atoms with Crippen molar-refractivity contribution in [1.29, 1.82) is 0 Å². The van der Waals surface area contributed by atoms with Crippen molar-refractivity contribution < 1.29 is 9.90 Å². The summed E-state index contributed by atoms with van der Waals surface area (Å²) < 4.78 is 0. The van der Waals surface area contributed by atoms with Gasteiger partial charge in [0.25, 0.3) is 5.91 Å². The molecule has 0 heterocycles. The third kappa shape index (κ3) is 3.07. The Kier molecular flexibility index (Phi) is 4.29. The van der Waals surface area contributed by atoms with Crippen LogP contribution >= 0.6 is 0 Å². The maximum Gasteiger partial charge on any atom is 0.252 e. The number of aryl methyl sites for hydroxylation is 1. The van der Waals surface area contributed by atoms with Crippen LogP contribution in [-0.2, 0) is 0 Å². The predicted octanol–water partition coefficient (Wildman–Crippen LogP) is 2.19. The number of aliphatic hydroxyl groups excluding tert-OH is 1. The number of aliphatic hydroxyl groups is 1. The Morgan fingerprint density at radius 1 is 1.41 bits per heavy atom. The number of carbonyl (C=O) groups is 1. The molecule has 1 unspecified atom stereocenters. The topological polar surface area (TPSA) is 49.3 Å². The molecule has 1 atom stereocenters. The van der Waals surface area contributed by atoms with Gasteiger partial charge < -0.3 is 10.4 Å². The Hall–Kier alpha value is -1.35. The first-order valence-corrected chi connectivity index (χ1v) is 5.93. The van der Waals surface area contributed by atoms with E-state index in [-0.39, 0.29) is 12.5 Å². The molecule has 1 aromatic rings. The number of carbonyl (C=O) groups excluding carboxylic acids is 1. The van der Waals surface area contributed by atoms with Gasteiger partial charge in [-0.3, -0.25) is 4.79 Å². The van der Waals surface area contributed by atoms with Crippen LogP contribution in [-0.4, -0.2) is 23.2 Å². The second-order valence-corrected chi connectivity index (χ2v) is 4.77. The van der Waals surface area contributed by atoms with Crippen LogP contribution in [0, 0.1) is 13.8 Å². The number of amides is 1. The largest absolute Gasteiger partial charge is 0.394 e. The van der Waals surface area contributed by atoms with Gasteiger partial charge in [-0.25, -0.2) is 0 Å². The third-order valence-electron chi connectivity index (χ3n) is 3.39. The summed E-state index contributed by atoms with van der Waals surface area (Å²) in [5.74, 6) is -0.121. The van der Waals surface area contributed by atoms with Crippen LogP contribution in [0.25, 0.3) is 0 Å². The molecule has 3 nitrogen and oxygen atoms in total. The zero-order valence-electron chi connectivity index (χ0n) is 11.0. The highest BCUT2D eigenvalue weighted by atomic mass is 16.3. The molecule has 0 aliphatic carbocycles. The molecule has 0 saturated carbocycles. The smallest absolute Gasteiger partial charge is 0.252 e. The summed E-state index contributed by atoms with van der Waals surface area (Å²) in [6.07, 6.45) is 0.695. The molecule has 3 heteroatoms. The van der Waals surface area contributed by atoms with Gasteiger partial charge in [0, 0.05) is 5.56 Å². The molecule has 94 valence electrons. The van der Waals surface area contributed by atoms with Crippen molar-refractivity contribution in [2.24, 2.45) is 0 Å². The molecule has 2 N–H and O–H groups in total. The van der Waals surface area contributed by atoms with Crippen LogP contribution in [0.3, 0.4) is 0 Å². The SMILES string of the molecule is CCC(C)(CO)NC(=O)c1cccc(C)c1C. The van der Waals surface area contributed by atoms with Crippen molar-refractivity contribution in [3.05, 3.63) is 34.9 Å². The van der Waals surface area contributed by atoms with E-state index in [2.05, 4.69) is 5.32 Å². The van der Waals surface area contributed by atoms with Crippen molar-refractivity contribution in [2.45, 2.75) is 39.7 Å². The molecule has 1 aromatic carbocycles. The lowest BCUT2D eigenvalue weighted by atomic mass is 9.97. The van der Waals surface area contributed by atoms with Crippen molar-refractivity contribution >= 4 is 5.91 Å². The van der Waals surface area contributed by atoms with Crippen LogP contribution in [0.1, 0.15) is 41.8 Å². The number of nitrogens with one attached hydrogen (secondary N) is 1. The minimum Gasteiger partial charge on any atom is -0.394 e. The van der Waals surface area contributed by atoms with E-state index in [4.69, 9.17) is 0 Å². The molecule has 1 rings (SSSR count). The highest BCUT2D eigenvalue weighted by molar-refractivity contribution is 5.96. The van der Waals surface area contributed by atoms with Crippen molar-refractivity contribution in [3.63, 3.8) is 0 Å². The van der Waals surface area contributed by atoms with Gasteiger partial charge in [-0.2, -0.15) is 0 Å². The summed E-state index contributed by atoms with van der Waals surface area (Å²) in [5.41, 5.74) is 2.21. The van der Waals surface area contributed by atoms with Crippen LogP contribution in [0.5, 0.6) is 0 Å². The monoisotopic (exact) mass is 235 g/mol. The molecular weight excluding hydrogens is 214 g/mol. The Morgan fingerprint density at radius 2 is 2.06 bits per heavy atom. The lowest BCUT2D eigenvalue weighted by Crippen LogP contribution is -2.48. The van der Waals surface area contributed by atoms with Gasteiger partial charge in [-0.05, 0) is 44.4 Å². The quantitative estimate of drug-likeness (QED) is 0.840. The van der Waals surface area contributed by atoms with Crippen LogP contribution in [0.15, 0.2) is 18.2 Å². The number of benzene rings is 1. The fourth-order valence-corrected chi connectivity index (χ4v) is 1.58. The molecule has 0 saturated heterocycles. The second-order valence-electron chi connectivity index (χ2n) is 4.77. The highest BCUT2D eigenvalue weighted by Gasteiger charge is 2.24. The fraction of sp³-hybridized carbons (Fsp3) is 0.500. The van der Waals surface area contributed by atoms with Gasteiger partial charge in [-0.15, -0.1) is 0 Å². The van der Waals surface area contributed by atoms with E-state index in [9.17, 15) is 9.90 Å². The first-order valence-electron chi connectivity index (χ1n) is 5.93. The minimum absolute atomic E-state index is 0.0555. The molecular formula is C14H21NO2. The van der Waals surface area contributed by atoms with Gasteiger partial charge in [0.05, 0.1) is 12.1 Å². The molecule has 0 radical (unpaired) electrons. The van der Waals surface area contributed by atoms with Gasteiger partial charge in [0.15, 0.2) is 0 Å². The average molecular weight is 235 g/mol. The Labute approximate surface area is 103 Å². The first-order chi connectivity index (χ1) is 7.93. The molecule has 0 aliphatic rings. The van der Waals surface area contributed by atoms with Crippen molar-refractivity contribution in [3.8, 4) is 0 Å². The maximum absolute atomic E-state index is 12.1. The molecule has 0 fully saturated rings. The lowest BCUT2D eigenvalue weighted by molar-refractivity contribution is 0.0846. The summed E-state index contributed by atoms with van der Waals surface area (Å²) >= 11 is 0. The van der Waals surface area contributed by atoms with E-state index in [1.165, 1.54) is 0 Å². The fourth-order valence-electron chi connectivity index (χ4n) is 1.58. The Morgan fingerprint density at radius 3 is 2.59 bits per heavy atom. The van der Waals surface area contributed by atoms with E-state index in [1.807, 2.05) is 45.9 Å². The van der Waals surface area contributed by atoms with Crippen molar-refractivity contribution in [1.82, 2.24) is 5.32 Å². The van der Waals surface area contributed by atoms with E-state index >= 15 is 0 Å². The highest BCUT2D eigenvalue weighted by Crippen LogP contribution is 2.15. The van der Waals surface area contributed by atoms with E-state index < -0.39 is 5.54 Å². The number of hydrogen-bond acceptors (Lipinski definition) is 2. The lowest BCUT2D eigenvalue weighted by Gasteiger charge is -2.27. The maximum atomic E-state index is 12.1. The number of rotatable bonds is 4. The minimum atomic E-state index is -0.548. The summed E-state index contributed by atoms with van der Waals surface area (Å²) in [7, 11) is 0. The van der Waals surface area contributed by atoms with Gasteiger partial charge >= 0.3 is 0 Å². The van der Waals surface area contributed by atoms with Crippen molar-refractivity contribution in [2.75, 3.05) is 6.61 Å². The normalized spacial score (nSPS) is 14.2. The second kappa shape index (κ2) is 5.32. The summed E-state index contributed by atoms with van der Waals surface area (Å²) in [4.78, 5) is 12.1. The molecule has 0 aliphatic heterocycles. The van der Waals surface area contributed by atoms with Gasteiger partial charge in [-0.1, -0.05) is 19.1 Å². The molecule has 17 heavy (non-hydrogen) atoms. The molecule has 1 amide bonds. The molecule has 0 bridgehead atoms. The van der Waals surface area contributed by atoms with E-state index in [1.54, 1.807) is 0 Å². The molecule has 0 spiro atoms. The zero-order chi connectivity index (χ0) is 13.1. The first kappa shape index (κ1) is 13.7. The van der Waals surface area contributed by atoms with Gasteiger partial charge in [0.2, 0.25) is 0 Å². The Bertz CT molecular complexity index is 409.